The van der Waals surface area contributed by atoms with Crippen LogP contribution in [0.25, 0.3) is 0 Å². The van der Waals surface area contributed by atoms with E-state index in [0.29, 0.717) is 24.0 Å². The number of rotatable bonds is 2. The number of hydrogen-bond acceptors (Lipinski definition) is 5. The molecule has 1 aliphatic carbocycles. The Morgan fingerprint density at radius 1 is 1.16 bits per heavy atom. The van der Waals surface area contributed by atoms with Gasteiger partial charge in [0.2, 0.25) is 0 Å². The quantitative estimate of drug-likeness (QED) is 0.360. The molecular weight excluding hydrogens is 248 g/mol. The summed E-state index contributed by atoms with van der Waals surface area (Å²) < 4.78 is 0. The highest BCUT2D eigenvalue weighted by Crippen LogP contribution is 2.26. The Kier molecular flexibility index (Phi) is 5.76. The second-order valence-corrected chi connectivity index (χ2v) is 4.79. The number of aliphatic hydroxyl groups is 1. The van der Waals surface area contributed by atoms with Crippen molar-refractivity contribution in [3.63, 3.8) is 0 Å². The number of aliphatic hydroxyl groups excluding tert-OH is 1. The molecule has 1 aliphatic rings. The maximum Gasteiger partial charge on any atom is 0.382 e. The van der Waals surface area contributed by atoms with Crippen LogP contribution in [0.3, 0.4) is 0 Å². The van der Waals surface area contributed by atoms with Crippen molar-refractivity contribution < 1.29 is 24.5 Å². The minimum absolute atomic E-state index is 0.146. The molecule has 0 aromatic rings. The standard InChI is InChI=1S/C14H20O5/c1-9(2)13(16)18-19-14(17)10(3)11-7-5-4-6-8-12(11)15/h12,15H,1,4-8H2,2-3H3/b11-10-. The van der Waals surface area contributed by atoms with Crippen LogP contribution >= 0.6 is 0 Å². The van der Waals surface area contributed by atoms with Gasteiger partial charge >= 0.3 is 11.9 Å². The molecule has 0 aromatic carbocycles. The summed E-state index contributed by atoms with van der Waals surface area (Å²) in [6.45, 7) is 6.40. The Bertz CT molecular complexity index is 408. The zero-order valence-corrected chi connectivity index (χ0v) is 11.4. The van der Waals surface area contributed by atoms with Gasteiger partial charge in [0.1, 0.15) is 0 Å². The van der Waals surface area contributed by atoms with Crippen LogP contribution in [-0.4, -0.2) is 23.1 Å². The van der Waals surface area contributed by atoms with E-state index in [1.54, 1.807) is 6.92 Å². The molecule has 0 aromatic heterocycles. The maximum atomic E-state index is 11.7. The molecule has 0 saturated heterocycles. The van der Waals surface area contributed by atoms with Gasteiger partial charge in [0.15, 0.2) is 0 Å². The van der Waals surface area contributed by atoms with E-state index in [9.17, 15) is 14.7 Å². The molecule has 1 N–H and O–H groups in total. The van der Waals surface area contributed by atoms with Crippen molar-refractivity contribution in [2.45, 2.75) is 52.1 Å². The summed E-state index contributed by atoms with van der Waals surface area (Å²) in [5.74, 6) is -1.53. The third kappa shape index (κ3) is 4.52. The van der Waals surface area contributed by atoms with E-state index in [4.69, 9.17) is 0 Å². The molecule has 0 bridgehead atoms. The van der Waals surface area contributed by atoms with Crippen LogP contribution < -0.4 is 0 Å². The first kappa shape index (κ1) is 15.4. The average molecular weight is 268 g/mol. The molecule has 1 fully saturated rings. The Morgan fingerprint density at radius 3 is 2.42 bits per heavy atom. The van der Waals surface area contributed by atoms with Crippen molar-refractivity contribution in [1.82, 2.24) is 0 Å². The Morgan fingerprint density at radius 2 is 1.79 bits per heavy atom. The third-order valence-corrected chi connectivity index (χ3v) is 3.16. The van der Waals surface area contributed by atoms with E-state index in [2.05, 4.69) is 16.4 Å². The Hall–Kier alpha value is -1.62. The van der Waals surface area contributed by atoms with Gasteiger partial charge in [0.25, 0.3) is 0 Å². The van der Waals surface area contributed by atoms with Crippen molar-refractivity contribution in [3.8, 4) is 0 Å². The lowest BCUT2D eigenvalue weighted by Crippen LogP contribution is -2.17. The van der Waals surface area contributed by atoms with Gasteiger partial charge in [0, 0.05) is 11.1 Å². The fraction of sp³-hybridized carbons (Fsp3) is 0.571. The van der Waals surface area contributed by atoms with Crippen LogP contribution in [0.4, 0.5) is 0 Å². The number of hydrogen-bond donors (Lipinski definition) is 1. The molecule has 5 nitrogen and oxygen atoms in total. The van der Waals surface area contributed by atoms with E-state index >= 15 is 0 Å². The lowest BCUT2D eigenvalue weighted by molar-refractivity contribution is -0.252. The first-order valence-electron chi connectivity index (χ1n) is 6.40. The monoisotopic (exact) mass is 268 g/mol. The predicted octanol–water partition coefficient (Wildman–Crippen LogP) is 2.21. The summed E-state index contributed by atoms with van der Waals surface area (Å²) >= 11 is 0. The fourth-order valence-corrected chi connectivity index (χ4v) is 1.95. The zero-order valence-electron chi connectivity index (χ0n) is 11.4. The van der Waals surface area contributed by atoms with Crippen molar-refractivity contribution in [2.75, 3.05) is 0 Å². The summed E-state index contributed by atoms with van der Waals surface area (Å²) in [4.78, 5) is 31.6. The smallest absolute Gasteiger partial charge is 0.382 e. The van der Waals surface area contributed by atoms with Gasteiger partial charge < -0.3 is 5.11 Å². The van der Waals surface area contributed by atoms with E-state index in [0.717, 1.165) is 19.3 Å². The van der Waals surface area contributed by atoms with Gasteiger partial charge in [-0.1, -0.05) is 19.4 Å². The lowest BCUT2D eigenvalue weighted by atomic mass is 9.99. The minimum atomic E-state index is -0.785. The van der Waals surface area contributed by atoms with Gasteiger partial charge in [0.05, 0.1) is 6.10 Å². The summed E-state index contributed by atoms with van der Waals surface area (Å²) in [6, 6.07) is 0. The van der Waals surface area contributed by atoms with Gasteiger partial charge in [-0.2, -0.15) is 0 Å². The second kappa shape index (κ2) is 7.09. The van der Waals surface area contributed by atoms with E-state index in [1.807, 2.05) is 0 Å². The zero-order chi connectivity index (χ0) is 14.4. The molecule has 0 aliphatic heterocycles. The van der Waals surface area contributed by atoms with Crippen molar-refractivity contribution in [1.29, 1.82) is 0 Å². The van der Waals surface area contributed by atoms with Gasteiger partial charge in [-0.15, -0.1) is 0 Å². The lowest BCUT2D eigenvalue weighted by Gasteiger charge is -2.14. The van der Waals surface area contributed by atoms with E-state index < -0.39 is 18.0 Å². The molecule has 1 saturated carbocycles. The second-order valence-electron chi connectivity index (χ2n) is 4.79. The molecule has 1 rings (SSSR count). The molecule has 0 amide bonds. The molecule has 0 spiro atoms. The molecule has 106 valence electrons. The van der Waals surface area contributed by atoms with E-state index in [1.165, 1.54) is 6.92 Å². The third-order valence-electron chi connectivity index (χ3n) is 3.16. The SMILES string of the molecule is C=C(C)C(=O)OOC(=O)/C(C)=C1/CCCCCC1O. The predicted molar refractivity (Wildman–Crippen MR) is 68.8 cm³/mol. The van der Waals surface area contributed by atoms with Crippen LogP contribution in [-0.2, 0) is 19.4 Å². The molecular formula is C14H20O5. The number of carbonyl (C=O) groups is 2. The summed E-state index contributed by atoms with van der Waals surface area (Å²) in [5.41, 5.74) is 1.13. The van der Waals surface area contributed by atoms with Crippen LogP contribution in [0.1, 0.15) is 46.0 Å². The van der Waals surface area contributed by atoms with Gasteiger partial charge in [-0.05, 0) is 38.7 Å². The summed E-state index contributed by atoms with van der Waals surface area (Å²) in [7, 11) is 0. The normalized spacial score (nSPS) is 22.2. The summed E-state index contributed by atoms with van der Waals surface area (Å²) in [5, 5.41) is 9.95. The highest BCUT2D eigenvalue weighted by atomic mass is 17.2. The van der Waals surface area contributed by atoms with Crippen molar-refractivity contribution in [3.05, 3.63) is 23.3 Å². The van der Waals surface area contributed by atoms with Gasteiger partial charge in [-0.3, -0.25) is 0 Å². The molecule has 1 atom stereocenters. The largest absolute Gasteiger partial charge is 0.389 e. The Labute approximate surface area is 112 Å². The highest BCUT2D eigenvalue weighted by molar-refractivity contribution is 5.91. The van der Waals surface area contributed by atoms with Gasteiger partial charge in [-0.25, -0.2) is 19.4 Å². The fourth-order valence-electron chi connectivity index (χ4n) is 1.95. The minimum Gasteiger partial charge on any atom is -0.389 e. The molecule has 19 heavy (non-hydrogen) atoms. The topological polar surface area (TPSA) is 72.8 Å². The van der Waals surface area contributed by atoms with Crippen LogP contribution in [0.15, 0.2) is 23.3 Å². The molecule has 1 unspecified atom stereocenters. The first-order chi connectivity index (χ1) is 8.93. The van der Waals surface area contributed by atoms with E-state index in [-0.39, 0.29) is 5.57 Å². The van der Waals surface area contributed by atoms with Crippen molar-refractivity contribution in [2.24, 2.45) is 0 Å². The maximum absolute atomic E-state index is 11.7. The van der Waals surface area contributed by atoms with Crippen LogP contribution in [0, 0.1) is 0 Å². The Balaban J connectivity index is 2.68. The van der Waals surface area contributed by atoms with Crippen LogP contribution in [0.2, 0.25) is 0 Å². The molecule has 0 radical (unpaired) electrons. The number of carbonyl (C=O) groups excluding carboxylic acids is 2. The molecule has 5 heteroatoms. The average Bonchev–Trinajstić information content (AvgIpc) is 2.59. The van der Waals surface area contributed by atoms with Crippen LogP contribution in [0.5, 0.6) is 0 Å². The highest BCUT2D eigenvalue weighted by Gasteiger charge is 2.22. The van der Waals surface area contributed by atoms with Crippen molar-refractivity contribution >= 4 is 11.9 Å². The first-order valence-corrected chi connectivity index (χ1v) is 6.40. The summed E-state index contributed by atoms with van der Waals surface area (Å²) in [6.07, 6.45) is 3.60. The molecule has 0 heterocycles.